The number of phenolic OH excluding ortho intramolecular Hbond substituents is 1. The molecule has 0 aliphatic carbocycles. The van der Waals surface area contributed by atoms with Gasteiger partial charge in [0, 0.05) is 30.8 Å². The lowest BCUT2D eigenvalue weighted by molar-refractivity contribution is -0.116. The fourth-order valence-corrected chi connectivity index (χ4v) is 2.51. The topological polar surface area (TPSA) is 101 Å². The third-order valence-corrected chi connectivity index (χ3v) is 4.11. The van der Waals surface area contributed by atoms with E-state index < -0.39 is 0 Å². The molecule has 0 aliphatic rings. The quantitative estimate of drug-likeness (QED) is 0.668. The van der Waals surface area contributed by atoms with E-state index in [9.17, 15) is 9.90 Å². The summed E-state index contributed by atoms with van der Waals surface area (Å²) in [7, 11) is 0. The third-order valence-electron chi connectivity index (χ3n) is 4.11. The van der Waals surface area contributed by atoms with E-state index in [0.717, 1.165) is 11.1 Å². The highest BCUT2D eigenvalue weighted by Crippen LogP contribution is 2.30. The summed E-state index contributed by atoms with van der Waals surface area (Å²) in [5.41, 5.74) is 2.14. The lowest BCUT2D eigenvalue weighted by Gasteiger charge is -2.20. The Morgan fingerprint density at radius 2 is 1.93 bits per heavy atom. The maximum absolute atomic E-state index is 12.3. The molecule has 0 atom stereocenters. The van der Waals surface area contributed by atoms with Gasteiger partial charge in [0.15, 0.2) is 0 Å². The number of nitrogens with zero attached hydrogens (tertiary/aromatic N) is 3. The van der Waals surface area contributed by atoms with Crippen molar-refractivity contribution in [3.05, 3.63) is 54.2 Å². The van der Waals surface area contributed by atoms with Crippen molar-refractivity contribution in [2.45, 2.75) is 39.0 Å². The van der Waals surface area contributed by atoms with Crippen LogP contribution in [0.3, 0.4) is 0 Å². The number of aromatic hydroxyl groups is 1. The van der Waals surface area contributed by atoms with Crippen LogP contribution < -0.4 is 5.32 Å². The summed E-state index contributed by atoms with van der Waals surface area (Å²) in [6.07, 6.45) is 3.77. The summed E-state index contributed by atoms with van der Waals surface area (Å²) in [5, 5.41) is 16.7. The normalized spacial score (nSPS) is 11.4. The summed E-state index contributed by atoms with van der Waals surface area (Å²) in [6, 6.07) is 8.80. The van der Waals surface area contributed by atoms with E-state index in [1.807, 2.05) is 6.07 Å². The van der Waals surface area contributed by atoms with Crippen LogP contribution in [0.2, 0.25) is 0 Å². The van der Waals surface area contributed by atoms with E-state index in [4.69, 9.17) is 4.52 Å². The number of phenols is 1. The summed E-state index contributed by atoms with van der Waals surface area (Å²) in [5.74, 6) is 0.641. The number of rotatable bonds is 5. The van der Waals surface area contributed by atoms with Gasteiger partial charge >= 0.3 is 0 Å². The molecule has 0 radical (unpaired) electrons. The molecule has 2 N–H and O–H groups in total. The molecule has 2 heterocycles. The number of amides is 1. The first-order valence-electron chi connectivity index (χ1n) is 8.69. The molecule has 0 fully saturated rings. The second kappa shape index (κ2) is 7.57. The van der Waals surface area contributed by atoms with Crippen LogP contribution in [0.5, 0.6) is 5.75 Å². The Labute approximate surface area is 157 Å². The molecule has 0 saturated carbocycles. The summed E-state index contributed by atoms with van der Waals surface area (Å²) in [4.78, 5) is 20.5. The van der Waals surface area contributed by atoms with Crippen molar-refractivity contribution in [1.29, 1.82) is 0 Å². The van der Waals surface area contributed by atoms with Crippen molar-refractivity contribution in [3.63, 3.8) is 0 Å². The third kappa shape index (κ3) is 4.69. The molecule has 0 aliphatic heterocycles. The van der Waals surface area contributed by atoms with Gasteiger partial charge in [0.1, 0.15) is 5.75 Å². The van der Waals surface area contributed by atoms with Gasteiger partial charge in [-0.25, -0.2) is 0 Å². The maximum Gasteiger partial charge on any atom is 0.227 e. The summed E-state index contributed by atoms with van der Waals surface area (Å²) in [6.45, 7) is 6.21. The average molecular weight is 366 g/mol. The standard InChI is InChI=1S/C20H22N4O3/c1-20(2,3)14-4-5-16(25)15(12-14)22-17(26)6-7-18-23-19(24-27-18)13-8-10-21-11-9-13/h4-5,8-12,25H,6-7H2,1-3H3,(H,22,26). The van der Waals surface area contributed by atoms with Gasteiger partial charge in [0.05, 0.1) is 5.69 Å². The Kier molecular flexibility index (Phi) is 5.21. The smallest absolute Gasteiger partial charge is 0.227 e. The number of anilines is 1. The van der Waals surface area contributed by atoms with Crippen molar-refractivity contribution < 1.29 is 14.4 Å². The molecule has 27 heavy (non-hydrogen) atoms. The number of pyridine rings is 1. The molecule has 1 amide bonds. The molecule has 3 rings (SSSR count). The lowest BCUT2D eigenvalue weighted by atomic mass is 9.87. The Morgan fingerprint density at radius 3 is 2.63 bits per heavy atom. The minimum Gasteiger partial charge on any atom is -0.506 e. The van der Waals surface area contributed by atoms with Gasteiger partial charge in [-0.15, -0.1) is 0 Å². The van der Waals surface area contributed by atoms with Gasteiger partial charge in [0.25, 0.3) is 0 Å². The zero-order valence-electron chi connectivity index (χ0n) is 15.6. The molecule has 1 aromatic carbocycles. The SMILES string of the molecule is CC(C)(C)c1ccc(O)c(NC(=O)CCc2nc(-c3ccncc3)no2)c1. The molecule has 3 aromatic rings. The first kappa shape index (κ1) is 18.6. The zero-order chi connectivity index (χ0) is 19.4. The highest BCUT2D eigenvalue weighted by Gasteiger charge is 2.17. The maximum atomic E-state index is 12.3. The molecule has 7 nitrogen and oxygen atoms in total. The highest BCUT2D eigenvalue weighted by atomic mass is 16.5. The Balaban J connectivity index is 1.62. The van der Waals surface area contributed by atoms with Crippen molar-refractivity contribution in [3.8, 4) is 17.1 Å². The molecule has 140 valence electrons. The molecule has 2 aromatic heterocycles. The molecular weight excluding hydrogens is 344 g/mol. The van der Waals surface area contributed by atoms with E-state index in [0.29, 0.717) is 23.8 Å². The molecule has 0 saturated heterocycles. The van der Waals surface area contributed by atoms with Crippen LogP contribution in [0.4, 0.5) is 5.69 Å². The van der Waals surface area contributed by atoms with Crippen LogP contribution >= 0.6 is 0 Å². The van der Waals surface area contributed by atoms with Crippen molar-refractivity contribution in [1.82, 2.24) is 15.1 Å². The van der Waals surface area contributed by atoms with Gasteiger partial charge < -0.3 is 14.9 Å². The second-order valence-corrected chi connectivity index (χ2v) is 7.28. The number of hydrogen-bond acceptors (Lipinski definition) is 6. The molecular formula is C20H22N4O3. The monoisotopic (exact) mass is 366 g/mol. The van der Waals surface area contributed by atoms with E-state index in [2.05, 4.69) is 41.2 Å². The van der Waals surface area contributed by atoms with Gasteiger partial charge in [-0.1, -0.05) is 32.0 Å². The molecule has 0 unspecified atom stereocenters. The van der Waals surface area contributed by atoms with Crippen LogP contribution in [-0.2, 0) is 16.6 Å². The number of aromatic nitrogens is 3. The number of benzene rings is 1. The Morgan fingerprint density at radius 1 is 1.19 bits per heavy atom. The van der Waals surface area contributed by atoms with Crippen LogP contribution in [0.15, 0.2) is 47.2 Å². The average Bonchev–Trinajstić information content (AvgIpc) is 3.11. The fourth-order valence-electron chi connectivity index (χ4n) is 2.51. The number of carbonyl (C=O) groups is 1. The highest BCUT2D eigenvalue weighted by molar-refractivity contribution is 5.92. The lowest BCUT2D eigenvalue weighted by Crippen LogP contribution is -2.15. The Hall–Kier alpha value is -3.22. The summed E-state index contributed by atoms with van der Waals surface area (Å²) >= 11 is 0. The van der Waals surface area contributed by atoms with Crippen molar-refractivity contribution in [2.24, 2.45) is 0 Å². The minimum atomic E-state index is -0.236. The van der Waals surface area contributed by atoms with Crippen molar-refractivity contribution in [2.75, 3.05) is 5.32 Å². The zero-order valence-corrected chi connectivity index (χ0v) is 15.6. The van der Waals surface area contributed by atoms with Gasteiger partial charge in [0.2, 0.25) is 17.6 Å². The Bertz CT molecular complexity index is 930. The predicted molar refractivity (Wildman–Crippen MR) is 101 cm³/mol. The van der Waals surface area contributed by atoms with E-state index in [1.165, 1.54) is 0 Å². The van der Waals surface area contributed by atoms with Gasteiger partial charge in [-0.3, -0.25) is 9.78 Å². The van der Waals surface area contributed by atoms with Crippen molar-refractivity contribution >= 4 is 11.6 Å². The predicted octanol–water partition coefficient (Wildman–Crippen LogP) is 3.71. The number of aryl methyl sites for hydroxylation is 1. The fraction of sp³-hybridized carbons (Fsp3) is 0.300. The molecule has 7 heteroatoms. The van der Waals surface area contributed by atoms with E-state index in [1.54, 1.807) is 36.7 Å². The first-order valence-corrected chi connectivity index (χ1v) is 8.69. The van der Waals surface area contributed by atoms with E-state index >= 15 is 0 Å². The van der Waals surface area contributed by atoms with E-state index in [-0.39, 0.29) is 23.5 Å². The largest absolute Gasteiger partial charge is 0.506 e. The number of nitrogens with one attached hydrogen (secondary N) is 1. The number of hydrogen-bond donors (Lipinski definition) is 2. The van der Waals surface area contributed by atoms with Gasteiger partial charge in [-0.05, 0) is 35.2 Å². The molecule has 0 spiro atoms. The molecule has 0 bridgehead atoms. The van der Waals surface area contributed by atoms with Gasteiger partial charge in [-0.2, -0.15) is 4.98 Å². The van der Waals surface area contributed by atoms with Crippen LogP contribution in [0.1, 0.15) is 38.6 Å². The van der Waals surface area contributed by atoms with Crippen LogP contribution in [0.25, 0.3) is 11.4 Å². The number of carbonyl (C=O) groups excluding carboxylic acids is 1. The minimum absolute atomic E-state index is 0.0362. The van der Waals surface area contributed by atoms with Crippen LogP contribution in [0, 0.1) is 0 Å². The van der Waals surface area contributed by atoms with Crippen LogP contribution in [-0.4, -0.2) is 26.1 Å². The summed E-state index contributed by atoms with van der Waals surface area (Å²) < 4.78 is 5.20. The second-order valence-electron chi connectivity index (χ2n) is 7.28. The first-order chi connectivity index (χ1) is 12.8.